The van der Waals surface area contributed by atoms with E-state index in [1.54, 1.807) is 17.5 Å². The lowest BCUT2D eigenvalue weighted by molar-refractivity contribution is 0.667. The van der Waals surface area contributed by atoms with Gasteiger partial charge in [0.2, 0.25) is 0 Å². The molecule has 0 radical (unpaired) electrons. The summed E-state index contributed by atoms with van der Waals surface area (Å²) in [5.74, 6) is 1.88. The van der Waals surface area contributed by atoms with Crippen LogP contribution in [-0.2, 0) is 13.1 Å². The van der Waals surface area contributed by atoms with Gasteiger partial charge >= 0.3 is 0 Å². The minimum atomic E-state index is 0.649. The minimum absolute atomic E-state index is 0.649. The van der Waals surface area contributed by atoms with Gasteiger partial charge in [0.05, 0.1) is 23.3 Å². The van der Waals surface area contributed by atoms with Crippen LogP contribution in [0.25, 0.3) is 33.1 Å². The number of nitrogens with zero attached hydrogens (tertiary/aromatic N) is 6. The van der Waals surface area contributed by atoms with Crippen molar-refractivity contribution in [1.29, 1.82) is 0 Å². The maximum Gasteiger partial charge on any atom is 0.169 e. The summed E-state index contributed by atoms with van der Waals surface area (Å²) in [7, 11) is 0. The first-order valence-corrected chi connectivity index (χ1v) is 10.0. The number of aryl methyl sites for hydroxylation is 1. The number of benzene rings is 1. The summed E-state index contributed by atoms with van der Waals surface area (Å²) < 4.78 is 4.36. The van der Waals surface area contributed by atoms with E-state index in [0.29, 0.717) is 6.54 Å². The fourth-order valence-electron chi connectivity index (χ4n) is 3.46. The van der Waals surface area contributed by atoms with Crippen molar-refractivity contribution in [2.24, 2.45) is 0 Å². The zero-order valence-corrected chi connectivity index (χ0v) is 16.2. The lowest BCUT2D eigenvalue weighted by Gasteiger charge is -2.09. The van der Waals surface area contributed by atoms with Crippen molar-refractivity contribution in [3.05, 3.63) is 72.4 Å². The summed E-state index contributed by atoms with van der Waals surface area (Å²) in [6.45, 7) is 3.64. The summed E-state index contributed by atoms with van der Waals surface area (Å²) in [4.78, 5) is 18.2. The van der Waals surface area contributed by atoms with E-state index in [-0.39, 0.29) is 0 Å². The van der Waals surface area contributed by atoms with Crippen molar-refractivity contribution in [2.45, 2.75) is 20.0 Å². The first kappa shape index (κ1) is 16.8. The molecule has 28 heavy (non-hydrogen) atoms. The molecule has 0 N–H and O–H groups in total. The van der Waals surface area contributed by atoms with E-state index < -0.39 is 0 Å². The summed E-state index contributed by atoms with van der Waals surface area (Å²) in [5.41, 5.74) is 4.18. The maximum atomic E-state index is 4.89. The second-order valence-corrected chi connectivity index (χ2v) is 7.30. The molecule has 0 aliphatic heterocycles. The van der Waals surface area contributed by atoms with Gasteiger partial charge in [0.25, 0.3) is 0 Å². The third-order valence-corrected chi connectivity index (χ3v) is 5.52. The van der Waals surface area contributed by atoms with Gasteiger partial charge in [-0.05, 0) is 31.2 Å². The highest BCUT2D eigenvalue weighted by molar-refractivity contribution is 7.13. The number of rotatable bonds is 5. The van der Waals surface area contributed by atoms with Gasteiger partial charge in [0, 0.05) is 42.3 Å². The number of hydrogen-bond acceptors (Lipinski definition) is 5. The smallest absolute Gasteiger partial charge is 0.169 e. The van der Waals surface area contributed by atoms with Gasteiger partial charge in [-0.2, -0.15) is 0 Å². The Bertz CT molecular complexity index is 1220. The standard InChI is InChI=1S/C21H18N6S/c1-2-27-18-13-15(16-5-3-4-8-22-16)6-7-17(18)25-19(27)14-26-11-9-23-20(26)21-24-10-12-28-21/h3-13H,2,14H2,1H3. The second kappa shape index (κ2) is 7.01. The highest BCUT2D eigenvalue weighted by Gasteiger charge is 2.15. The molecule has 138 valence electrons. The van der Waals surface area contributed by atoms with E-state index >= 15 is 0 Å². The van der Waals surface area contributed by atoms with Crippen molar-refractivity contribution in [3.63, 3.8) is 0 Å². The molecule has 0 aliphatic rings. The topological polar surface area (TPSA) is 61.4 Å². The van der Waals surface area contributed by atoms with Gasteiger partial charge in [-0.15, -0.1) is 11.3 Å². The summed E-state index contributed by atoms with van der Waals surface area (Å²) in [5, 5.41) is 2.89. The number of aromatic nitrogens is 6. The molecule has 5 rings (SSSR count). The summed E-state index contributed by atoms with van der Waals surface area (Å²) in [6, 6.07) is 12.3. The Morgan fingerprint density at radius 1 is 1.00 bits per heavy atom. The van der Waals surface area contributed by atoms with Gasteiger partial charge in [0.15, 0.2) is 10.8 Å². The van der Waals surface area contributed by atoms with Crippen LogP contribution in [0.4, 0.5) is 0 Å². The Morgan fingerprint density at radius 3 is 2.75 bits per heavy atom. The molecule has 0 atom stereocenters. The molecule has 0 aliphatic carbocycles. The molecule has 4 heterocycles. The van der Waals surface area contributed by atoms with Crippen molar-refractivity contribution in [2.75, 3.05) is 0 Å². The molecule has 1 aromatic carbocycles. The summed E-state index contributed by atoms with van der Waals surface area (Å²) >= 11 is 1.59. The Kier molecular flexibility index (Phi) is 4.21. The van der Waals surface area contributed by atoms with Crippen LogP contribution in [0.5, 0.6) is 0 Å². The van der Waals surface area contributed by atoms with Crippen LogP contribution < -0.4 is 0 Å². The number of imidazole rings is 2. The lowest BCUT2D eigenvalue weighted by atomic mass is 10.1. The molecule has 0 amide bonds. The zero-order chi connectivity index (χ0) is 18.9. The number of pyridine rings is 1. The molecule has 4 aromatic heterocycles. The normalized spacial score (nSPS) is 11.3. The molecule has 0 fully saturated rings. The second-order valence-electron chi connectivity index (χ2n) is 6.41. The van der Waals surface area contributed by atoms with Crippen LogP contribution >= 0.6 is 11.3 Å². The van der Waals surface area contributed by atoms with Crippen LogP contribution in [0.3, 0.4) is 0 Å². The minimum Gasteiger partial charge on any atom is -0.327 e. The molecule has 0 bridgehead atoms. The zero-order valence-electron chi connectivity index (χ0n) is 15.4. The fraction of sp³-hybridized carbons (Fsp3) is 0.143. The number of thiazole rings is 1. The molecule has 0 unspecified atom stereocenters. The Labute approximate surface area is 166 Å². The maximum absolute atomic E-state index is 4.89. The van der Waals surface area contributed by atoms with E-state index in [1.807, 2.05) is 42.2 Å². The fourth-order valence-corrected chi connectivity index (χ4v) is 4.11. The average Bonchev–Trinajstić information content (AvgIpc) is 3.47. The molecule has 5 aromatic rings. The van der Waals surface area contributed by atoms with Crippen LogP contribution in [-0.4, -0.2) is 29.1 Å². The van der Waals surface area contributed by atoms with E-state index in [0.717, 1.165) is 45.5 Å². The quantitative estimate of drug-likeness (QED) is 0.447. The highest BCUT2D eigenvalue weighted by atomic mass is 32.1. The predicted octanol–water partition coefficient (Wildman–Crippen LogP) is 4.49. The van der Waals surface area contributed by atoms with Crippen LogP contribution in [0.1, 0.15) is 12.7 Å². The summed E-state index contributed by atoms with van der Waals surface area (Å²) in [6.07, 6.45) is 7.42. The Hall–Kier alpha value is -3.32. The molecular weight excluding hydrogens is 368 g/mol. The van der Waals surface area contributed by atoms with Crippen LogP contribution in [0.2, 0.25) is 0 Å². The highest BCUT2D eigenvalue weighted by Crippen LogP contribution is 2.26. The number of fused-ring (bicyclic) bond motifs is 1. The molecular formula is C21H18N6S. The van der Waals surface area contributed by atoms with Crippen molar-refractivity contribution >= 4 is 22.4 Å². The van der Waals surface area contributed by atoms with Crippen LogP contribution in [0.15, 0.2) is 66.6 Å². The van der Waals surface area contributed by atoms with Crippen molar-refractivity contribution in [3.8, 4) is 22.1 Å². The SMILES string of the molecule is CCn1c(Cn2ccnc2-c2nccs2)nc2ccc(-c3ccccn3)cc21. The lowest BCUT2D eigenvalue weighted by Crippen LogP contribution is -2.08. The third-order valence-electron chi connectivity index (χ3n) is 4.76. The van der Waals surface area contributed by atoms with E-state index in [4.69, 9.17) is 4.98 Å². The van der Waals surface area contributed by atoms with E-state index in [9.17, 15) is 0 Å². The van der Waals surface area contributed by atoms with Crippen molar-refractivity contribution < 1.29 is 0 Å². The van der Waals surface area contributed by atoms with E-state index in [2.05, 4.69) is 49.2 Å². The molecule has 7 heteroatoms. The Balaban J connectivity index is 1.57. The van der Waals surface area contributed by atoms with Gasteiger partial charge in [-0.25, -0.2) is 15.0 Å². The molecule has 0 saturated heterocycles. The third kappa shape index (κ3) is 2.90. The monoisotopic (exact) mass is 386 g/mol. The first-order chi connectivity index (χ1) is 13.8. The molecule has 6 nitrogen and oxygen atoms in total. The molecule has 0 spiro atoms. The van der Waals surface area contributed by atoms with E-state index in [1.165, 1.54) is 0 Å². The average molecular weight is 386 g/mol. The predicted molar refractivity (Wildman–Crippen MR) is 111 cm³/mol. The first-order valence-electron chi connectivity index (χ1n) is 9.15. The Morgan fingerprint density at radius 2 is 1.96 bits per heavy atom. The van der Waals surface area contributed by atoms with Gasteiger partial charge in [0.1, 0.15) is 5.82 Å². The molecule has 0 saturated carbocycles. The van der Waals surface area contributed by atoms with Crippen molar-refractivity contribution in [1.82, 2.24) is 29.1 Å². The van der Waals surface area contributed by atoms with Crippen LogP contribution in [0, 0.1) is 0 Å². The van der Waals surface area contributed by atoms with Gasteiger partial charge < -0.3 is 9.13 Å². The van der Waals surface area contributed by atoms with Gasteiger partial charge in [-0.1, -0.05) is 12.1 Å². The largest absolute Gasteiger partial charge is 0.327 e. The number of hydrogen-bond donors (Lipinski definition) is 0. The van der Waals surface area contributed by atoms with Gasteiger partial charge in [-0.3, -0.25) is 4.98 Å².